The van der Waals surface area contributed by atoms with Gasteiger partial charge < -0.3 is 10.0 Å². The summed E-state index contributed by atoms with van der Waals surface area (Å²) in [5.41, 5.74) is 0.853. The van der Waals surface area contributed by atoms with Crippen molar-refractivity contribution in [2.45, 2.75) is 31.7 Å². The number of para-hydroxylation sites is 1. The number of carbonyl (C=O) groups is 1. The molecule has 0 amide bonds. The standard InChI is InChI=1S/C15H17N3O2/c19-14(20)9-18(11-5-1-2-6-11)15-12-7-3-4-8-13(12)16-10-17-15/h3-4,7-8,10-11H,1-2,5-6,9H2,(H,19,20). The van der Waals surface area contributed by atoms with Crippen LogP contribution in [-0.4, -0.2) is 33.6 Å². The highest BCUT2D eigenvalue weighted by Crippen LogP contribution is 2.30. The van der Waals surface area contributed by atoms with Crippen LogP contribution in [0.3, 0.4) is 0 Å². The van der Waals surface area contributed by atoms with E-state index in [9.17, 15) is 9.90 Å². The van der Waals surface area contributed by atoms with Gasteiger partial charge in [-0.05, 0) is 25.0 Å². The van der Waals surface area contributed by atoms with Crippen LogP contribution in [0.25, 0.3) is 10.9 Å². The Balaban J connectivity index is 2.05. The number of hydrogen-bond donors (Lipinski definition) is 1. The first-order valence-electron chi connectivity index (χ1n) is 6.94. The van der Waals surface area contributed by atoms with E-state index < -0.39 is 5.97 Å². The summed E-state index contributed by atoms with van der Waals surface area (Å²) in [4.78, 5) is 21.7. The summed E-state index contributed by atoms with van der Waals surface area (Å²) in [7, 11) is 0. The van der Waals surface area contributed by atoms with Gasteiger partial charge in [-0.15, -0.1) is 0 Å². The van der Waals surface area contributed by atoms with Crippen molar-refractivity contribution in [2.75, 3.05) is 11.4 Å². The maximum atomic E-state index is 11.2. The van der Waals surface area contributed by atoms with Crippen LogP contribution in [-0.2, 0) is 4.79 Å². The van der Waals surface area contributed by atoms with Crippen LogP contribution in [0.15, 0.2) is 30.6 Å². The summed E-state index contributed by atoms with van der Waals surface area (Å²) in [6, 6.07) is 8.01. The largest absolute Gasteiger partial charge is 0.480 e. The lowest BCUT2D eigenvalue weighted by Crippen LogP contribution is -2.38. The van der Waals surface area contributed by atoms with Gasteiger partial charge in [0.2, 0.25) is 0 Å². The van der Waals surface area contributed by atoms with E-state index in [1.54, 1.807) is 0 Å². The summed E-state index contributed by atoms with van der Waals surface area (Å²) in [5.74, 6) is -0.0792. The van der Waals surface area contributed by atoms with Crippen molar-refractivity contribution in [3.8, 4) is 0 Å². The zero-order valence-electron chi connectivity index (χ0n) is 11.2. The van der Waals surface area contributed by atoms with Crippen molar-refractivity contribution in [3.63, 3.8) is 0 Å². The topological polar surface area (TPSA) is 66.3 Å². The van der Waals surface area contributed by atoms with Crippen LogP contribution in [0.2, 0.25) is 0 Å². The number of fused-ring (bicyclic) bond motifs is 1. The number of aromatic nitrogens is 2. The summed E-state index contributed by atoms with van der Waals surface area (Å²) in [5, 5.41) is 10.1. The van der Waals surface area contributed by atoms with Crippen molar-refractivity contribution in [1.82, 2.24) is 9.97 Å². The predicted octanol–water partition coefficient (Wildman–Crippen LogP) is 2.46. The molecule has 0 spiro atoms. The minimum Gasteiger partial charge on any atom is -0.480 e. The minimum absolute atomic E-state index is 0.00826. The first-order chi connectivity index (χ1) is 9.75. The number of rotatable bonds is 4. The van der Waals surface area contributed by atoms with Gasteiger partial charge >= 0.3 is 5.97 Å². The molecule has 0 atom stereocenters. The van der Waals surface area contributed by atoms with Gasteiger partial charge in [0, 0.05) is 11.4 Å². The number of benzene rings is 1. The molecule has 1 aliphatic rings. The highest BCUT2D eigenvalue weighted by Gasteiger charge is 2.26. The molecule has 3 rings (SSSR count). The lowest BCUT2D eigenvalue weighted by Gasteiger charge is -2.29. The Morgan fingerprint density at radius 2 is 2.00 bits per heavy atom. The number of hydrogen-bond acceptors (Lipinski definition) is 4. The van der Waals surface area contributed by atoms with Crippen LogP contribution in [0.4, 0.5) is 5.82 Å². The van der Waals surface area contributed by atoms with Gasteiger partial charge in [-0.3, -0.25) is 4.79 Å². The summed E-state index contributed by atoms with van der Waals surface area (Å²) in [6.07, 6.45) is 5.90. The molecule has 0 saturated heterocycles. The molecular formula is C15H17N3O2. The van der Waals surface area contributed by atoms with E-state index in [2.05, 4.69) is 9.97 Å². The summed E-state index contributed by atoms with van der Waals surface area (Å²) in [6.45, 7) is -0.00826. The third-order valence-corrected chi connectivity index (χ3v) is 3.86. The Morgan fingerprint density at radius 3 is 2.75 bits per heavy atom. The number of aliphatic carboxylic acids is 1. The van der Waals surface area contributed by atoms with E-state index in [0.717, 1.165) is 42.4 Å². The van der Waals surface area contributed by atoms with Gasteiger partial charge in [0.25, 0.3) is 0 Å². The van der Waals surface area contributed by atoms with E-state index in [1.807, 2.05) is 29.2 Å². The van der Waals surface area contributed by atoms with Crippen molar-refractivity contribution in [1.29, 1.82) is 0 Å². The van der Waals surface area contributed by atoms with E-state index in [-0.39, 0.29) is 12.6 Å². The molecule has 1 heterocycles. The molecule has 0 aliphatic heterocycles. The van der Waals surface area contributed by atoms with Gasteiger partial charge in [-0.25, -0.2) is 9.97 Å². The van der Waals surface area contributed by atoms with E-state index >= 15 is 0 Å². The molecule has 1 saturated carbocycles. The van der Waals surface area contributed by atoms with Crippen molar-refractivity contribution >= 4 is 22.7 Å². The summed E-state index contributed by atoms with van der Waals surface area (Å²) < 4.78 is 0. The minimum atomic E-state index is -0.820. The van der Waals surface area contributed by atoms with Crippen molar-refractivity contribution < 1.29 is 9.90 Å². The normalized spacial score (nSPS) is 15.6. The lowest BCUT2D eigenvalue weighted by atomic mass is 10.1. The number of anilines is 1. The maximum Gasteiger partial charge on any atom is 0.323 e. The van der Waals surface area contributed by atoms with Gasteiger partial charge in [0.05, 0.1) is 5.52 Å². The molecule has 2 aromatic rings. The molecule has 104 valence electrons. The molecule has 5 heteroatoms. The molecule has 1 aromatic heterocycles. The SMILES string of the molecule is O=C(O)CN(c1ncnc2ccccc12)C1CCCC1. The molecule has 1 fully saturated rings. The van der Waals surface area contributed by atoms with E-state index in [4.69, 9.17) is 0 Å². The molecule has 1 aromatic carbocycles. The zero-order chi connectivity index (χ0) is 13.9. The van der Waals surface area contributed by atoms with Crippen molar-refractivity contribution in [2.24, 2.45) is 0 Å². The Kier molecular flexibility index (Phi) is 3.50. The van der Waals surface area contributed by atoms with Crippen molar-refractivity contribution in [3.05, 3.63) is 30.6 Å². The second-order valence-electron chi connectivity index (χ2n) is 5.17. The average molecular weight is 271 g/mol. The summed E-state index contributed by atoms with van der Waals surface area (Å²) >= 11 is 0. The van der Waals surface area contributed by atoms with Gasteiger partial charge in [-0.1, -0.05) is 25.0 Å². The monoisotopic (exact) mass is 271 g/mol. The highest BCUT2D eigenvalue weighted by molar-refractivity contribution is 5.90. The molecular weight excluding hydrogens is 254 g/mol. The molecule has 5 nitrogen and oxygen atoms in total. The molecule has 0 bridgehead atoms. The Bertz CT molecular complexity index is 618. The highest BCUT2D eigenvalue weighted by atomic mass is 16.4. The van der Waals surface area contributed by atoms with Crippen LogP contribution < -0.4 is 4.90 Å². The third kappa shape index (κ3) is 2.43. The first-order valence-corrected chi connectivity index (χ1v) is 6.94. The molecule has 0 unspecified atom stereocenters. The first kappa shape index (κ1) is 12.8. The maximum absolute atomic E-state index is 11.2. The quantitative estimate of drug-likeness (QED) is 0.925. The fourth-order valence-corrected chi connectivity index (χ4v) is 2.96. The van der Waals surface area contributed by atoms with Gasteiger partial charge in [-0.2, -0.15) is 0 Å². The van der Waals surface area contributed by atoms with Gasteiger partial charge in [0.1, 0.15) is 18.7 Å². The number of carboxylic acids is 1. The van der Waals surface area contributed by atoms with Crippen LogP contribution in [0.1, 0.15) is 25.7 Å². The second kappa shape index (κ2) is 5.45. The Morgan fingerprint density at radius 1 is 1.25 bits per heavy atom. The number of carboxylic acid groups (broad SMARTS) is 1. The molecule has 0 radical (unpaired) electrons. The van der Waals surface area contributed by atoms with Crippen LogP contribution in [0.5, 0.6) is 0 Å². The lowest BCUT2D eigenvalue weighted by molar-refractivity contribution is -0.135. The fourth-order valence-electron chi connectivity index (χ4n) is 2.96. The average Bonchev–Trinajstić information content (AvgIpc) is 2.98. The zero-order valence-corrected chi connectivity index (χ0v) is 11.2. The Hall–Kier alpha value is -2.17. The van der Waals surface area contributed by atoms with E-state index in [0.29, 0.717) is 0 Å². The second-order valence-corrected chi connectivity index (χ2v) is 5.17. The van der Waals surface area contributed by atoms with Gasteiger partial charge in [0.15, 0.2) is 0 Å². The predicted molar refractivity (Wildman–Crippen MR) is 76.8 cm³/mol. The third-order valence-electron chi connectivity index (χ3n) is 3.86. The Labute approximate surface area is 117 Å². The molecule has 1 aliphatic carbocycles. The van der Waals surface area contributed by atoms with Crippen LogP contribution >= 0.6 is 0 Å². The number of nitrogens with zero attached hydrogens (tertiary/aromatic N) is 3. The van der Waals surface area contributed by atoms with E-state index in [1.165, 1.54) is 6.33 Å². The van der Waals surface area contributed by atoms with Crippen LogP contribution in [0, 0.1) is 0 Å². The molecule has 20 heavy (non-hydrogen) atoms. The smallest absolute Gasteiger partial charge is 0.323 e. The fraction of sp³-hybridized carbons (Fsp3) is 0.400. The molecule has 1 N–H and O–H groups in total.